The normalized spacial score (nSPS) is 12.5. The Bertz CT molecular complexity index is 790. The average molecular weight is 394 g/mol. The first-order valence-corrected chi connectivity index (χ1v) is 8.31. The smallest absolute Gasteiger partial charge is 0.265 e. The Kier molecular flexibility index (Phi) is 4.41. The van der Waals surface area contributed by atoms with Crippen molar-refractivity contribution in [2.45, 2.75) is 13.3 Å². The van der Waals surface area contributed by atoms with Crippen molar-refractivity contribution >= 4 is 50.7 Å². The van der Waals surface area contributed by atoms with Gasteiger partial charge in [0.1, 0.15) is 0 Å². The third kappa shape index (κ3) is 3.12. The Hall–Kier alpha value is -1.85. The summed E-state index contributed by atoms with van der Waals surface area (Å²) in [6.45, 7) is 2.18. The van der Waals surface area contributed by atoms with Crippen molar-refractivity contribution in [2.75, 3.05) is 16.8 Å². The van der Waals surface area contributed by atoms with E-state index in [1.807, 2.05) is 6.07 Å². The van der Waals surface area contributed by atoms with Crippen molar-refractivity contribution in [3.8, 4) is 0 Å². The van der Waals surface area contributed by atoms with Crippen LogP contribution in [0.3, 0.4) is 0 Å². The highest BCUT2D eigenvalue weighted by Crippen LogP contribution is 2.37. The van der Waals surface area contributed by atoms with E-state index in [2.05, 4.69) is 21.2 Å². The number of carbonyl (C=O) groups is 2. The van der Waals surface area contributed by atoms with E-state index in [0.29, 0.717) is 16.3 Å². The van der Waals surface area contributed by atoms with Crippen molar-refractivity contribution < 1.29 is 9.59 Å². The summed E-state index contributed by atoms with van der Waals surface area (Å²) in [6, 6.07) is 10.3. The zero-order valence-electron chi connectivity index (χ0n) is 12.4. The van der Waals surface area contributed by atoms with Crippen LogP contribution in [0, 0.1) is 0 Å². The van der Waals surface area contributed by atoms with Crippen molar-refractivity contribution in [1.82, 2.24) is 0 Å². The molecule has 1 N–H and O–H groups in total. The lowest BCUT2D eigenvalue weighted by Crippen LogP contribution is -2.35. The summed E-state index contributed by atoms with van der Waals surface area (Å²) in [7, 11) is 0. The van der Waals surface area contributed by atoms with E-state index in [1.165, 1.54) is 11.8 Å². The lowest BCUT2D eigenvalue weighted by atomic mass is 10.1. The minimum Gasteiger partial charge on any atom is -0.383 e. The summed E-state index contributed by atoms with van der Waals surface area (Å²) in [6.07, 6.45) is 0.864. The summed E-state index contributed by atoms with van der Waals surface area (Å²) in [5.41, 5.74) is 2.91. The Morgan fingerprint density at radius 1 is 1.22 bits per heavy atom. The third-order valence-corrected chi connectivity index (χ3v) is 4.42. The molecule has 0 spiro atoms. The third-order valence-electron chi connectivity index (χ3n) is 3.71. The van der Waals surface area contributed by atoms with Crippen LogP contribution in [0.1, 0.15) is 22.8 Å². The second-order valence-electron chi connectivity index (χ2n) is 5.30. The van der Waals surface area contributed by atoms with E-state index < -0.39 is 0 Å². The van der Waals surface area contributed by atoms with Gasteiger partial charge in [-0.2, -0.15) is 0 Å². The van der Waals surface area contributed by atoms with Gasteiger partial charge in [-0.25, -0.2) is 4.90 Å². The molecule has 0 radical (unpaired) electrons. The topological polar surface area (TPSA) is 49.4 Å². The van der Waals surface area contributed by atoms with E-state index in [0.717, 1.165) is 28.7 Å². The van der Waals surface area contributed by atoms with Gasteiger partial charge in [-0.05, 0) is 48.4 Å². The molecule has 0 fully saturated rings. The number of imide groups is 1. The molecule has 1 aliphatic rings. The molecule has 6 heteroatoms. The predicted molar refractivity (Wildman–Crippen MR) is 95.3 cm³/mol. The molecule has 0 unspecified atom stereocenters. The van der Waals surface area contributed by atoms with Crippen LogP contribution >= 0.6 is 27.5 Å². The number of hydrogen-bond acceptors (Lipinski definition) is 3. The minimum atomic E-state index is -0.372. The first-order chi connectivity index (χ1) is 11.0. The molecule has 2 aromatic carbocycles. The van der Waals surface area contributed by atoms with E-state index >= 15 is 0 Å². The summed E-state index contributed by atoms with van der Waals surface area (Å²) in [5.74, 6) is -0.706. The molecule has 23 heavy (non-hydrogen) atoms. The number of hydrogen-bond donors (Lipinski definition) is 1. The molecule has 2 aromatic rings. The summed E-state index contributed by atoms with van der Waals surface area (Å²) < 4.78 is 0.838. The average Bonchev–Trinajstić information content (AvgIpc) is 2.95. The molecule has 0 bridgehead atoms. The van der Waals surface area contributed by atoms with Crippen molar-refractivity contribution in [3.05, 3.63) is 57.0 Å². The van der Waals surface area contributed by atoms with Gasteiger partial charge < -0.3 is 5.32 Å². The molecule has 0 saturated carbocycles. The quantitative estimate of drug-likeness (QED) is 0.829. The Morgan fingerprint density at radius 2 is 1.91 bits per heavy atom. The van der Waals surface area contributed by atoms with Crippen LogP contribution in [0.25, 0.3) is 0 Å². The van der Waals surface area contributed by atoms with Gasteiger partial charge in [-0.1, -0.05) is 27.5 Å². The number of benzene rings is 2. The van der Waals surface area contributed by atoms with Crippen LogP contribution < -0.4 is 10.2 Å². The van der Waals surface area contributed by atoms with Crippen LogP contribution in [-0.2, 0) is 11.2 Å². The Labute approximate surface area is 147 Å². The lowest BCUT2D eigenvalue weighted by molar-refractivity contribution is -0.115. The molecule has 1 heterocycles. The van der Waals surface area contributed by atoms with Crippen LogP contribution in [0.2, 0.25) is 5.02 Å². The zero-order chi connectivity index (χ0) is 16.6. The highest BCUT2D eigenvalue weighted by molar-refractivity contribution is 9.10. The molecule has 0 saturated heterocycles. The molecular formula is C17H14BrClN2O2. The standard InChI is InChI=1S/C17H14BrClN2O2/c1-10(22)21(17(23)11-2-4-14(19)5-3-11)15-9-13(18)8-12-6-7-20-16(12)15/h2-5,8-9,20H,6-7H2,1H3. The Morgan fingerprint density at radius 3 is 2.57 bits per heavy atom. The fourth-order valence-electron chi connectivity index (χ4n) is 2.69. The number of anilines is 2. The first kappa shape index (κ1) is 16.0. The van der Waals surface area contributed by atoms with E-state index in [9.17, 15) is 9.59 Å². The maximum absolute atomic E-state index is 12.8. The van der Waals surface area contributed by atoms with E-state index in [-0.39, 0.29) is 11.8 Å². The minimum absolute atomic E-state index is 0.334. The van der Waals surface area contributed by atoms with Crippen molar-refractivity contribution in [2.24, 2.45) is 0 Å². The summed E-state index contributed by atoms with van der Waals surface area (Å²) >= 11 is 9.32. The van der Waals surface area contributed by atoms with Crippen LogP contribution in [0.15, 0.2) is 40.9 Å². The molecule has 2 amide bonds. The highest BCUT2D eigenvalue weighted by Gasteiger charge is 2.27. The van der Waals surface area contributed by atoms with Crippen LogP contribution in [0.5, 0.6) is 0 Å². The van der Waals surface area contributed by atoms with Crippen LogP contribution in [-0.4, -0.2) is 18.4 Å². The molecular weight excluding hydrogens is 380 g/mol. The summed E-state index contributed by atoms with van der Waals surface area (Å²) in [5, 5.41) is 3.80. The molecule has 0 atom stereocenters. The van der Waals surface area contributed by atoms with Gasteiger partial charge in [0, 0.05) is 28.5 Å². The number of nitrogens with zero attached hydrogens (tertiary/aromatic N) is 1. The maximum atomic E-state index is 12.8. The number of amides is 2. The zero-order valence-corrected chi connectivity index (χ0v) is 14.7. The molecule has 118 valence electrons. The van der Waals surface area contributed by atoms with Crippen molar-refractivity contribution in [3.63, 3.8) is 0 Å². The number of nitrogens with one attached hydrogen (secondary N) is 1. The fraction of sp³-hybridized carbons (Fsp3) is 0.176. The monoisotopic (exact) mass is 392 g/mol. The van der Waals surface area contributed by atoms with Crippen LogP contribution in [0.4, 0.5) is 11.4 Å². The largest absolute Gasteiger partial charge is 0.383 e. The van der Waals surface area contributed by atoms with Crippen molar-refractivity contribution in [1.29, 1.82) is 0 Å². The SMILES string of the molecule is CC(=O)N(C(=O)c1ccc(Cl)cc1)c1cc(Br)cc2c1NCC2. The van der Waals surface area contributed by atoms with Gasteiger partial charge in [0.25, 0.3) is 5.91 Å². The number of carbonyl (C=O) groups excluding carboxylic acids is 2. The van der Waals surface area contributed by atoms with Gasteiger partial charge in [0.2, 0.25) is 5.91 Å². The molecule has 1 aliphatic heterocycles. The number of rotatable bonds is 2. The molecule has 0 aliphatic carbocycles. The second kappa shape index (κ2) is 6.34. The highest BCUT2D eigenvalue weighted by atomic mass is 79.9. The molecule has 0 aromatic heterocycles. The second-order valence-corrected chi connectivity index (χ2v) is 6.65. The first-order valence-electron chi connectivity index (χ1n) is 7.14. The van der Waals surface area contributed by atoms with Gasteiger partial charge in [0.15, 0.2) is 0 Å². The Balaban J connectivity index is 2.08. The maximum Gasteiger partial charge on any atom is 0.265 e. The van der Waals surface area contributed by atoms with Gasteiger partial charge in [-0.15, -0.1) is 0 Å². The van der Waals surface area contributed by atoms with Gasteiger partial charge in [-0.3, -0.25) is 9.59 Å². The lowest BCUT2D eigenvalue weighted by Gasteiger charge is -2.22. The fourth-order valence-corrected chi connectivity index (χ4v) is 3.31. The summed E-state index contributed by atoms with van der Waals surface area (Å²) in [4.78, 5) is 26.2. The molecule has 3 rings (SSSR count). The number of halogens is 2. The predicted octanol–water partition coefficient (Wildman–Crippen LogP) is 4.26. The molecule has 4 nitrogen and oxygen atoms in total. The van der Waals surface area contributed by atoms with E-state index in [1.54, 1.807) is 30.3 Å². The number of fused-ring (bicyclic) bond motifs is 1. The van der Waals surface area contributed by atoms with Gasteiger partial charge in [0.05, 0.1) is 11.4 Å². The van der Waals surface area contributed by atoms with Gasteiger partial charge >= 0.3 is 0 Å². The van der Waals surface area contributed by atoms with E-state index in [4.69, 9.17) is 11.6 Å².